The second kappa shape index (κ2) is 5.03. The lowest BCUT2D eigenvalue weighted by Gasteiger charge is -2.35. The SMILES string of the molecule is C[C@]12Cc3cnn(-c4ccc(F)cc4)c3C=C1CC[C@@H]2C[C@@H]1CO1. The van der Waals surface area contributed by atoms with Crippen LogP contribution in [0.15, 0.2) is 36.0 Å². The summed E-state index contributed by atoms with van der Waals surface area (Å²) in [5.41, 5.74) is 5.17. The normalized spacial score (nSPS) is 30.7. The zero-order valence-electron chi connectivity index (χ0n) is 13.8. The van der Waals surface area contributed by atoms with Crippen LogP contribution in [-0.2, 0) is 11.2 Å². The molecule has 1 aromatic carbocycles. The molecule has 1 saturated carbocycles. The van der Waals surface area contributed by atoms with Crippen LogP contribution >= 0.6 is 0 Å². The standard InChI is InChI=1S/C20H21FN2O/c1-20-10-13-11-22-23(17-6-4-16(21)5-7-17)19(13)9-15(20)3-2-14(20)8-18-12-24-18/h4-7,9,11,14,18H,2-3,8,10,12H2,1H3/t14-,18-,20-/m1/s1. The lowest BCUT2D eigenvalue weighted by atomic mass is 9.68. The highest BCUT2D eigenvalue weighted by Crippen LogP contribution is 2.55. The van der Waals surface area contributed by atoms with Crippen LogP contribution in [0.3, 0.4) is 0 Å². The summed E-state index contributed by atoms with van der Waals surface area (Å²) < 4.78 is 20.6. The molecule has 0 N–H and O–H groups in total. The van der Waals surface area contributed by atoms with Gasteiger partial charge >= 0.3 is 0 Å². The van der Waals surface area contributed by atoms with E-state index in [9.17, 15) is 4.39 Å². The summed E-state index contributed by atoms with van der Waals surface area (Å²) in [6.07, 6.45) is 9.48. The second-order valence-electron chi connectivity index (χ2n) is 7.63. The van der Waals surface area contributed by atoms with Crippen molar-refractivity contribution in [3.8, 4) is 5.69 Å². The Kier molecular flexibility index (Phi) is 3.02. The molecule has 0 bridgehead atoms. The number of halogens is 1. The van der Waals surface area contributed by atoms with Crippen molar-refractivity contribution in [1.29, 1.82) is 0 Å². The number of rotatable bonds is 3. The number of allylic oxidation sites excluding steroid dienone is 1. The lowest BCUT2D eigenvalue weighted by Crippen LogP contribution is -2.29. The largest absolute Gasteiger partial charge is 0.373 e. The summed E-state index contributed by atoms with van der Waals surface area (Å²) in [5.74, 6) is 0.491. The molecule has 0 unspecified atom stereocenters. The quantitative estimate of drug-likeness (QED) is 0.794. The Labute approximate surface area is 141 Å². The van der Waals surface area contributed by atoms with E-state index >= 15 is 0 Å². The molecule has 124 valence electrons. The molecule has 1 aromatic heterocycles. The molecule has 0 spiro atoms. The first-order valence-corrected chi connectivity index (χ1v) is 8.79. The first kappa shape index (κ1) is 14.4. The van der Waals surface area contributed by atoms with Gasteiger partial charge in [0.2, 0.25) is 0 Å². The van der Waals surface area contributed by atoms with E-state index in [1.165, 1.54) is 37.0 Å². The van der Waals surface area contributed by atoms with E-state index in [1.807, 2.05) is 10.9 Å². The third-order valence-corrected chi connectivity index (χ3v) is 6.17. The number of fused-ring (bicyclic) bond motifs is 2. The fraction of sp³-hybridized carbons (Fsp3) is 0.450. The van der Waals surface area contributed by atoms with Crippen molar-refractivity contribution in [2.45, 2.75) is 38.7 Å². The third-order valence-electron chi connectivity index (χ3n) is 6.17. The molecule has 4 heteroatoms. The van der Waals surface area contributed by atoms with E-state index in [4.69, 9.17) is 4.74 Å². The maximum Gasteiger partial charge on any atom is 0.123 e. The maximum absolute atomic E-state index is 13.2. The highest BCUT2D eigenvalue weighted by molar-refractivity contribution is 5.61. The van der Waals surface area contributed by atoms with Crippen LogP contribution in [-0.4, -0.2) is 22.5 Å². The fourth-order valence-electron chi connectivity index (χ4n) is 4.62. The molecule has 2 fully saturated rings. The average Bonchev–Trinajstić information content (AvgIpc) is 3.22. The van der Waals surface area contributed by atoms with Gasteiger partial charge in [-0.2, -0.15) is 5.10 Å². The molecule has 3 atom stereocenters. The molecule has 3 nitrogen and oxygen atoms in total. The Morgan fingerprint density at radius 2 is 2.12 bits per heavy atom. The van der Waals surface area contributed by atoms with Gasteiger partial charge in [0.05, 0.1) is 30.3 Å². The molecule has 2 heterocycles. The van der Waals surface area contributed by atoms with E-state index in [-0.39, 0.29) is 11.2 Å². The minimum Gasteiger partial charge on any atom is -0.373 e. The first-order chi connectivity index (χ1) is 11.6. The Morgan fingerprint density at radius 3 is 2.88 bits per heavy atom. The summed E-state index contributed by atoms with van der Waals surface area (Å²) >= 11 is 0. The van der Waals surface area contributed by atoms with Gasteiger partial charge in [-0.25, -0.2) is 9.07 Å². The number of benzene rings is 1. The first-order valence-electron chi connectivity index (χ1n) is 8.79. The number of nitrogens with zero attached hydrogens (tertiary/aromatic N) is 2. The second-order valence-corrected chi connectivity index (χ2v) is 7.63. The molecule has 2 aliphatic carbocycles. The van der Waals surface area contributed by atoms with Crippen LogP contribution in [0.5, 0.6) is 0 Å². The van der Waals surface area contributed by atoms with E-state index < -0.39 is 0 Å². The minimum atomic E-state index is -0.216. The molecular weight excluding hydrogens is 303 g/mol. The fourth-order valence-corrected chi connectivity index (χ4v) is 4.62. The smallest absolute Gasteiger partial charge is 0.123 e. The van der Waals surface area contributed by atoms with E-state index in [0.717, 1.165) is 24.4 Å². The van der Waals surface area contributed by atoms with Crippen molar-refractivity contribution in [3.05, 3.63) is 53.1 Å². The van der Waals surface area contributed by atoms with Gasteiger partial charge in [-0.15, -0.1) is 0 Å². The maximum atomic E-state index is 13.2. The van der Waals surface area contributed by atoms with Crippen molar-refractivity contribution in [3.63, 3.8) is 0 Å². The van der Waals surface area contributed by atoms with Gasteiger partial charge in [-0.1, -0.05) is 12.5 Å². The molecule has 0 radical (unpaired) electrons. The van der Waals surface area contributed by atoms with Gasteiger partial charge in [0, 0.05) is 0 Å². The monoisotopic (exact) mass is 324 g/mol. The Morgan fingerprint density at radius 1 is 1.33 bits per heavy atom. The molecule has 0 amide bonds. The van der Waals surface area contributed by atoms with Gasteiger partial charge in [-0.3, -0.25) is 0 Å². The van der Waals surface area contributed by atoms with Crippen molar-refractivity contribution in [1.82, 2.24) is 9.78 Å². The number of ether oxygens (including phenoxy) is 1. The highest BCUT2D eigenvalue weighted by Gasteiger charge is 2.47. The van der Waals surface area contributed by atoms with Gasteiger partial charge in [0.15, 0.2) is 0 Å². The Hall–Kier alpha value is -1.94. The average molecular weight is 324 g/mol. The third kappa shape index (κ3) is 2.16. The zero-order chi connectivity index (χ0) is 16.3. The van der Waals surface area contributed by atoms with Crippen LogP contribution in [0.25, 0.3) is 11.8 Å². The van der Waals surface area contributed by atoms with E-state index in [2.05, 4.69) is 18.1 Å². The molecule has 5 rings (SSSR count). The number of epoxide rings is 1. The number of hydrogen-bond acceptors (Lipinski definition) is 2. The summed E-state index contributed by atoms with van der Waals surface area (Å²) in [4.78, 5) is 0. The molecule has 24 heavy (non-hydrogen) atoms. The van der Waals surface area contributed by atoms with Crippen LogP contribution in [0.1, 0.15) is 37.4 Å². The van der Waals surface area contributed by atoms with Gasteiger partial charge in [-0.05, 0) is 72.9 Å². The molecule has 3 aliphatic rings. The van der Waals surface area contributed by atoms with Crippen molar-refractivity contribution in [2.75, 3.05) is 6.61 Å². The molecular formula is C20H21FN2O. The van der Waals surface area contributed by atoms with Gasteiger partial charge in [0.1, 0.15) is 5.82 Å². The summed E-state index contributed by atoms with van der Waals surface area (Å²) in [6, 6.07) is 6.56. The van der Waals surface area contributed by atoms with Gasteiger partial charge < -0.3 is 4.74 Å². The van der Waals surface area contributed by atoms with Crippen LogP contribution in [0.2, 0.25) is 0 Å². The molecule has 1 saturated heterocycles. The van der Waals surface area contributed by atoms with Crippen molar-refractivity contribution >= 4 is 6.08 Å². The number of hydrogen-bond donors (Lipinski definition) is 0. The van der Waals surface area contributed by atoms with Crippen molar-refractivity contribution < 1.29 is 9.13 Å². The summed E-state index contributed by atoms with van der Waals surface area (Å²) in [7, 11) is 0. The Bertz CT molecular complexity index is 819. The van der Waals surface area contributed by atoms with Crippen LogP contribution in [0.4, 0.5) is 4.39 Å². The van der Waals surface area contributed by atoms with E-state index in [0.29, 0.717) is 12.0 Å². The highest BCUT2D eigenvalue weighted by atomic mass is 19.1. The van der Waals surface area contributed by atoms with E-state index in [1.54, 1.807) is 17.7 Å². The summed E-state index contributed by atoms with van der Waals surface area (Å²) in [6.45, 7) is 3.36. The number of aromatic nitrogens is 2. The van der Waals surface area contributed by atoms with Crippen LogP contribution in [0, 0.1) is 17.2 Å². The van der Waals surface area contributed by atoms with Gasteiger partial charge in [0.25, 0.3) is 0 Å². The molecule has 2 aromatic rings. The minimum absolute atomic E-state index is 0.216. The topological polar surface area (TPSA) is 30.4 Å². The Balaban J connectivity index is 1.52. The summed E-state index contributed by atoms with van der Waals surface area (Å²) in [5, 5.41) is 4.58. The predicted molar refractivity (Wildman–Crippen MR) is 90.4 cm³/mol. The van der Waals surface area contributed by atoms with Crippen molar-refractivity contribution in [2.24, 2.45) is 11.3 Å². The zero-order valence-corrected chi connectivity index (χ0v) is 13.8. The lowest BCUT2D eigenvalue weighted by molar-refractivity contribution is 0.231. The molecule has 1 aliphatic heterocycles. The van der Waals surface area contributed by atoms with Crippen LogP contribution < -0.4 is 0 Å². The predicted octanol–water partition coefficient (Wildman–Crippen LogP) is 4.16.